The highest BCUT2D eigenvalue weighted by molar-refractivity contribution is 5.85. The van der Waals surface area contributed by atoms with Crippen molar-refractivity contribution in [2.75, 3.05) is 11.4 Å². The maximum absolute atomic E-state index is 14.4. The Kier molecular flexibility index (Phi) is 5.71. The van der Waals surface area contributed by atoms with Gasteiger partial charge in [0.25, 0.3) is 0 Å². The predicted molar refractivity (Wildman–Crippen MR) is 122 cm³/mol. The van der Waals surface area contributed by atoms with E-state index in [9.17, 15) is 9.18 Å². The summed E-state index contributed by atoms with van der Waals surface area (Å²) in [6.07, 6.45) is 0. The number of ketones is 1. The number of hydrogen-bond donors (Lipinski definition) is 0. The second-order valence-electron chi connectivity index (χ2n) is 8.24. The smallest absolute Gasteiger partial charge is 0.149 e. The third-order valence-corrected chi connectivity index (χ3v) is 5.92. The maximum Gasteiger partial charge on any atom is 0.149 e. The van der Waals surface area contributed by atoms with Crippen molar-refractivity contribution in [2.45, 2.75) is 39.7 Å². The summed E-state index contributed by atoms with van der Waals surface area (Å²) in [5.74, 6) is -0.206. The van der Waals surface area contributed by atoms with Gasteiger partial charge in [-0.25, -0.2) is 4.39 Å². The Bertz CT molecular complexity index is 1050. The van der Waals surface area contributed by atoms with E-state index in [1.54, 1.807) is 19.1 Å². The SMILES string of the molecule is C=C(C)N(Cc1ccccc1F)C(=C)[C@@]1(C)C(=C)N(CC(C)=O)c2ccc(C)cc21. The third kappa shape index (κ3) is 3.58. The van der Waals surface area contributed by atoms with E-state index in [4.69, 9.17) is 0 Å². The van der Waals surface area contributed by atoms with Crippen molar-refractivity contribution in [3.8, 4) is 0 Å². The van der Waals surface area contributed by atoms with Gasteiger partial charge in [0.2, 0.25) is 0 Å². The minimum Gasteiger partial charge on any atom is -0.344 e. The van der Waals surface area contributed by atoms with E-state index in [0.717, 1.165) is 33.9 Å². The monoisotopic (exact) mass is 404 g/mol. The second-order valence-corrected chi connectivity index (χ2v) is 8.24. The van der Waals surface area contributed by atoms with Crippen LogP contribution in [0.2, 0.25) is 0 Å². The van der Waals surface area contributed by atoms with Gasteiger partial charge in [-0.2, -0.15) is 0 Å². The number of carbonyl (C=O) groups is 1. The van der Waals surface area contributed by atoms with Gasteiger partial charge in [-0.1, -0.05) is 55.6 Å². The van der Waals surface area contributed by atoms with Gasteiger partial charge in [-0.15, -0.1) is 0 Å². The molecule has 0 N–H and O–H groups in total. The topological polar surface area (TPSA) is 23.6 Å². The number of nitrogens with zero attached hydrogens (tertiary/aromatic N) is 2. The Morgan fingerprint density at radius 3 is 2.43 bits per heavy atom. The molecule has 2 aromatic rings. The van der Waals surface area contributed by atoms with Crippen LogP contribution in [0, 0.1) is 12.7 Å². The van der Waals surface area contributed by atoms with Crippen LogP contribution in [0.15, 0.2) is 79.3 Å². The lowest BCUT2D eigenvalue weighted by Crippen LogP contribution is -2.38. The number of aryl methyl sites for hydroxylation is 1. The van der Waals surface area contributed by atoms with E-state index in [2.05, 4.69) is 32.7 Å². The van der Waals surface area contributed by atoms with Gasteiger partial charge in [-0.3, -0.25) is 4.79 Å². The Morgan fingerprint density at radius 2 is 1.83 bits per heavy atom. The standard InChI is InChI=1S/C26H29FN2O/c1-17(2)28(16-22-10-8-9-11-24(22)27)20(5)26(7)21(6)29(15-19(4)30)25-13-12-18(3)14-23(25)26/h8-14H,1,5-6,15-16H2,2-4,7H3/t26-/m0/s1. The van der Waals surface area contributed by atoms with E-state index in [-0.39, 0.29) is 18.1 Å². The summed E-state index contributed by atoms with van der Waals surface area (Å²) in [4.78, 5) is 15.9. The molecular weight excluding hydrogens is 375 g/mol. The quantitative estimate of drug-likeness (QED) is 0.577. The Labute approximate surface area is 178 Å². The summed E-state index contributed by atoms with van der Waals surface area (Å²) in [6, 6.07) is 12.9. The summed E-state index contributed by atoms with van der Waals surface area (Å²) >= 11 is 0. The summed E-state index contributed by atoms with van der Waals surface area (Å²) in [5, 5.41) is 0. The highest BCUT2D eigenvalue weighted by Crippen LogP contribution is 2.52. The Hall–Kier alpha value is -3.14. The molecule has 3 rings (SSSR count). The van der Waals surface area contributed by atoms with E-state index < -0.39 is 5.41 Å². The largest absolute Gasteiger partial charge is 0.344 e. The molecule has 0 aromatic heterocycles. The first-order valence-corrected chi connectivity index (χ1v) is 10.0. The summed E-state index contributed by atoms with van der Waals surface area (Å²) < 4.78 is 14.4. The number of halogens is 1. The van der Waals surface area contributed by atoms with Gasteiger partial charge in [0.15, 0.2) is 0 Å². The summed E-state index contributed by atoms with van der Waals surface area (Å²) in [5.41, 5.74) is 5.32. The van der Waals surface area contributed by atoms with Gasteiger partial charge in [0, 0.05) is 28.3 Å². The van der Waals surface area contributed by atoms with Crippen molar-refractivity contribution in [1.29, 1.82) is 0 Å². The molecule has 4 heteroatoms. The second kappa shape index (κ2) is 7.94. The van der Waals surface area contributed by atoms with Crippen LogP contribution in [0.3, 0.4) is 0 Å². The predicted octanol–water partition coefficient (Wildman–Crippen LogP) is 5.86. The first-order chi connectivity index (χ1) is 14.1. The fraction of sp³-hybridized carbons (Fsp3) is 0.269. The first kappa shape index (κ1) is 21.6. The molecule has 1 heterocycles. The van der Waals surface area contributed by atoms with Crippen molar-refractivity contribution in [2.24, 2.45) is 0 Å². The van der Waals surface area contributed by atoms with Crippen LogP contribution in [0.25, 0.3) is 0 Å². The van der Waals surface area contributed by atoms with Crippen molar-refractivity contribution in [1.82, 2.24) is 4.90 Å². The highest BCUT2D eigenvalue weighted by Gasteiger charge is 2.46. The first-order valence-electron chi connectivity index (χ1n) is 10.0. The molecule has 0 amide bonds. The molecule has 0 aliphatic carbocycles. The average Bonchev–Trinajstić information content (AvgIpc) is 2.88. The zero-order valence-corrected chi connectivity index (χ0v) is 18.3. The number of rotatable bonds is 7. The van der Waals surface area contributed by atoms with Crippen LogP contribution in [-0.2, 0) is 16.8 Å². The average molecular weight is 405 g/mol. The van der Waals surface area contributed by atoms with Crippen LogP contribution in [-0.4, -0.2) is 17.2 Å². The number of allylic oxidation sites excluding steroid dienone is 1. The molecule has 156 valence electrons. The van der Waals surface area contributed by atoms with Crippen molar-refractivity contribution in [3.63, 3.8) is 0 Å². The van der Waals surface area contributed by atoms with Crippen LogP contribution >= 0.6 is 0 Å². The van der Waals surface area contributed by atoms with Gasteiger partial charge in [-0.05, 0) is 45.4 Å². The number of carbonyl (C=O) groups excluding carboxylic acids is 1. The molecule has 0 unspecified atom stereocenters. The fourth-order valence-electron chi connectivity index (χ4n) is 4.11. The van der Waals surface area contributed by atoms with Gasteiger partial charge >= 0.3 is 0 Å². The highest BCUT2D eigenvalue weighted by atomic mass is 19.1. The maximum atomic E-state index is 14.4. The van der Waals surface area contributed by atoms with Crippen LogP contribution in [0.4, 0.5) is 10.1 Å². The number of hydrogen-bond acceptors (Lipinski definition) is 3. The van der Waals surface area contributed by atoms with Crippen molar-refractivity contribution >= 4 is 11.5 Å². The molecule has 0 spiro atoms. The van der Waals surface area contributed by atoms with Crippen LogP contribution in [0.5, 0.6) is 0 Å². The lowest BCUT2D eigenvalue weighted by molar-refractivity contribution is -0.115. The molecule has 0 fully saturated rings. The zero-order chi connectivity index (χ0) is 22.2. The normalized spacial score (nSPS) is 17.6. The number of Topliss-reactive ketones (excluding diaryl/α,β-unsaturated/α-hetero) is 1. The van der Waals surface area contributed by atoms with Crippen LogP contribution in [0.1, 0.15) is 37.5 Å². The van der Waals surface area contributed by atoms with Crippen molar-refractivity contribution in [3.05, 3.63) is 102 Å². The van der Waals surface area contributed by atoms with E-state index in [1.807, 2.05) is 41.8 Å². The van der Waals surface area contributed by atoms with E-state index in [0.29, 0.717) is 12.1 Å². The van der Waals surface area contributed by atoms with Gasteiger partial charge < -0.3 is 9.80 Å². The summed E-state index contributed by atoms with van der Waals surface area (Å²) in [6.45, 7) is 21.0. The Balaban J connectivity index is 2.09. The molecule has 1 atom stereocenters. The molecule has 0 radical (unpaired) electrons. The van der Waals surface area contributed by atoms with Crippen LogP contribution < -0.4 is 4.90 Å². The molecule has 2 aromatic carbocycles. The minimum atomic E-state index is -0.652. The number of benzene rings is 2. The van der Waals surface area contributed by atoms with Crippen molar-refractivity contribution < 1.29 is 9.18 Å². The molecule has 0 bridgehead atoms. The zero-order valence-electron chi connectivity index (χ0n) is 18.3. The molecule has 0 saturated heterocycles. The molecule has 1 aliphatic rings. The molecule has 1 aliphatic heterocycles. The lowest BCUT2D eigenvalue weighted by atomic mass is 9.78. The van der Waals surface area contributed by atoms with E-state index in [1.165, 1.54) is 6.07 Å². The fourth-order valence-corrected chi connectivity index (χ4v) is 4.11. The van der Waals surface area contributed by atoms with Gasteiger partial charge in [0.05, 0.1) is 18.5 Å². The number of anilines is 1. The molecule has 3 nitrogen and oxygen atoms in total. The molecule has 30 heavy (non-hydrogen) atoms. The Morgan fingerprint density at radius 1 is 1.17 bits per heavy atom. The molecular formula is C26H29FN2O. The third-order valence-electron chi connectivity index (χ3n) is 5.92. The lowest BCUT2D eigenvalue weighted by Gasteiger charge is -2.39. The van der Waals surface area contributed by atoms with E-state index >= 15 is 0 Å². The number of fused-ring (bicyclic) bond motifs is 1. The molecule has 0 saturated carbocycles. The minimum absolute atomic E-state index is 0.0562. The summed E-state index contributed by atoms with van der Waals surface area (Å²) in [7, 11) is 0. The van der Waals surface area contributed by atoms with Gasteiger partial charge in [0.1, 0.15) is 11.6 Å².